The number of amides is 2. The Kier molecular flexibility index (Phi) is 7.17. The highest BCUT2D eigenvalue weighted by molar-refractivity contribution is 7.24. The number of nitrogens with zero attached hydrogens (tertiary/aromatic N) is 1. The minimum absolute atomic E-state index is 0.120. The fourth-order valence-electron chi connectivity index (χ4n) is 4.13. The highest BCUT2D eigenvalue weighted by atomic mass is 32.1. The van der Waals surface area contributed by atoms with E-state index in [0.29, 0.717) is 32.9 Å². The molecule has 178 valence electrons. The number of carbonyl (C=O) groups excluding carboxylic acids is 3. The zero-order valence-electron chi connectivity index (χ0n) is 19.6. The summed E-state index contributed by atoms with van der Waals surface area (Å²) in [5.74, 6) is -0.292. The van der Waals surface area contributed by atoms with Crippen LogP contribution in [0.2, 0.25) is 0 Å². The fraction of sp³-hybridized carbons (Fsp3) is 0.346. The van der Waals surface area contributed by atoms with Gasteiger partial charge in [0.25, 0.3) is 5.91 Å². The van der Waals surface area contributed by atoms with Crippen LogP contribution >= 0.6 is 11.3 Å². The van der Waals surface area contributed by atoms with Crippen molar-refractivity contribution in [2.24, 2.45) is 0 Å². The third-order valence-electron chi connectivity index (χ3n) is 5.81. The van der Waals surface area contributed by atoms with E-state index in [2.05, 4.69) is 11.4 Å². The van der Waals surface area contributed by atoms with E-state index in [1.165, 1.54) is 11.3 Å². The molecule has 7 nitrogen and oxygen atoms in total. The summed E-state index contributed by atoms with van der Waals surface area (Å²) in [5.41, 5.74) is 3.24. The minimum atomic E-state index is -0.504. The highest BCUT2D eigenvalue weighted by Gasteiger charge is 2.26. The van der Waals surface area contributed by atoms with Crippen LogP contribution < -0.4 is 15.0 Å². The predicted molar refractivity (Wildman–Crippen MR) is 134 cm³/mol. The van der Waals surface area contributed by atoms with Gasteiger partial charge in [-0.05, 0) is 43.9 Å². The summed E-state index contributed by atoms with van der Waals surface area (Å²) in [5, 5.41) is 3.87. The number of thiophene rings is 1. The molecule has 0 saturated heterocycles. The topological polar surface area (TPSA) is 84.9 Å². The van der Waals surface area contributed by atoms with Gasteiger partial charge in [-0.15, -0.1) is 11.3 Å². The van der Waals surface area contributed by atoms with E-state index < -0.39 is 5.97 Å². The second-order valence-electron chi connectivity index (χ2n) is 8.08. The Morgan fingerprint density at radius 2 is 1.91 bits per heavy atom. The van der Waals surface area contributed by atoms with Crippen molar-refractivity contribution in [1.82, 2.24) is 0 Å². The first-order chi connectivity index (χ1) is 16.4. The molecule has 34 heavy (non-hydrogen) atoms. The number of nitrogens with one attached hydrogen (secondary N) is 1. The molecule has 0 radical (unpaired) electrons. The summed E-state index contributed by atoms with van der Waals surface area (Å²) >= 11 is 1.26. The first-order valence-electron chi connectivity index (χ1n) is 11.5. The zero-order chi connectivity index (χ0) is 24.2. The number of hydrogen-bond donors (Lipinski definition) is 1. The number of hydrogen-bond acceptors (Lipinski definition) is 6. The third kappa shape index (κ3) is 4.63. The smallest absolute Gasteiger partial charge is 0.341 e. The molecule has 1 aliphatic heterocycles. The first-order valence-corrected chi connectivity index (χ1v) is 12.3. The molecule has 2 heterocycles. The van der Waals surface area contributed by atoms with Gasteiger partial charge >= 0.3 is 5.97 Å². The number of carbonyl (C=O) groups is 3. The van der Waals surface area contributed by atoms with Crippen LogP contribution in [0.25, 0.3) is 10.1 Å². The minimum Gasteiger partial charge on any atom is -0.482 e. The van der Waals surface area contributed by atoms with Crippen LogP contribution in [-0.2, 0) is 20.7 Å². The van der Waals surface area contributed by atoms with Crippen molar-refractivity contribution in [3.63, 3.8) is 0 Å². The molecule has 0 saturated carbocycles. The lowest BCUT2D eigenvalue weighted by molar-refractivity contribution is -0.120. The molecule has 8 heteroatoms. The zero-order valence-corrected chi connectivity index (χ0v) is 20.4. The number of para-hydroxylation sites is 1. The quantitative estimate of drug-likeness (QED) is 0.476. The molecule has 0 bridgehead atoms. The maximum atomic E-state index is 13.1. The molecule has 0 spiro atoms. The van der Waals surface area contributed by atoms with Gasteiger partial charge in [0.1, 0.15) is 16.3 Å². The summed E-state index contributed by atoms with van der Waals surface area (Å²) in [4.78, 5) is 39.7. The lowest BCUT2D eigenvalue weighted by Crippen LogP contribution is -2.38. The Balaban J connectivity index is 1.66. The van der Waals surface area contributed by atoms with Gasteiger partial charge in [0, 0.05) is 24.0 Å². The largest absolute Gasteiger partial charge is 0.482 e. The van der Waals surface area contributed by atoms with Gasteiger partial charge in [-0.25, -0.2) is 4.79 Å². The monoisotopic (exact) mass is 480 g/mol. The summed E-state index contributed by atoms with van der Waals surface area (Å²) in [6, 6.07) is 11.6. The standard InChI is InChI=1S/C26H28N2O5S/c1-4-20(29)27-25-22(26(31)32-5-2)18-13-12-16(3)23(24(18)34-25)33-15-21(30)28-14-8-10-17-9-6-7-11-19(17)28/h6-7,9,11-13H,4-5,8,10,14-15H2,1-3H3,(H,27,29). The Bertz CT molecular complexity index is 1250. The molecule has 0 aliphatic carbocycles. The Hall–Kier alpha value is -3.39. The van der Waals surface area contributed by atoms with Gasteiger partial charge in [-0.2, -0.15) is 0 Å². The molecule has 2 amide bonds. The van der Waals surface area contributed by atoms with Crippen molar-refractivity contribution in [3.05, 3.63) is 53.1 Å². The van der Waals surface area contributed by atoms with E-state index in [-0.39, 0.29) is 31.4 Å². The number of aryl methyl sites for hydroxylation is 2. The summed E-state index contributed by atoms with van der Waals surface area (Å²) in [6.45, 7) is 6.12. The Labute approximate surface area is 202 Å². The number of anilines is 2. The summed E-state index contributed by atoms with van der Waals surface area (Å²) in [7, 11) is 0. The summed E-state index contributed by atoms with van der Waals surface area (Å²) < 4.78 is 12.0. The molecule has 0 fully saturated rings. The lowest BCUT2D eigenvalue weighted by atomic mass is 10.0. The van der Waals surface area contributed by atoms with Crippen LogP contribution in [0.1, 0.15) is 48.2 Å². The van der Waals surface area contributed by atoms with E-state index in [9.17, 15) is 14.4 Å². The van der Waals surface area contributed by atoms with Gasteiger partial charge in [0.15, 0.2) is 6.61 Å². The molecule has 0 atom stereocenters. The average molecular weight is 481 g/mol. The van der Waals surface area contributed by atoms with Crippen LogP contribution in [0, 0.1) is 6.92 Å². The Morgan fingerprint density at radius 3 is 2.68 bits per heavy atom. The van der Waals surface area contributed by atoms with Gasteiger partial charge < -0.3 is 19.7 Å². The number of fused-ring (bicyclic) bond motifs is 2. The van der Waals surface area contributed by atoms with Crippen molar-refractivity contribution in [2.75, 3.05) is 30.0 Å². The van der Waals surface area contributed by atoms with Crippen molar-refractivity contribution in [3.8, 4) is 5.75 Å². The summed E-state index contributed by atoms with van der Waals surface area (Å²) in [6.07, 6.45) is 2.15. The maximum Gasteiger partial charge on any atom is 0.341 e. The van der Waals surface area contributed by atoms with Crippen LogP contribution in [0.4, 0.5) is 10.7 Å². The molecule has 1 aliphatic rings. The third-order valence-corrected chi connectivity index (χ3v) is 6.93. The normalized spacial score (nSPS) is 12.9. The molecule has 1 N–H and O–H groups in total. The van der Waals surface area contributed by atoms with Gasteiger partial charge in [-0.1, -0.05) is 37.3 Å². The van der Waals surface area contributed by atoms with Gasteiger partial charge in [-0.3, -0.25) is 9.59 Å². The number of benzene rings is 2. The number of ether oxygens (including phenoxy) is 2. The van der Waals surface area contributed by atoms with Crippen LogP contribution in [0.15, 0.2) is 36.4 Å². The maximum absolute atomic E-state index is 13.1. The second kappa shape index (κ2) is 10.3. The van der Waals surface area contributed by atoms with E-state index >= 15 is 0 Å². The van der Waals surface area contributed by atoms with Crippen LogP contribution in [-0.4, -0.2) is 37.5 Å². The van der Waals surface area contributed by atoms with E-state index in [4.69, 9.17) is 9.47 Å². The highest BCUT2D eigenvalue weighted by Crippen LogP contribution is 2.43. The molecule has 1 aromatic heterocycles. The first kappa shape index (κ1) is 23.8. The molecule has 3 aromatic rings. The molecular weight excluding hydrogens is 452 g/mol. The lowest BCUT2D eigenvalue weighted by Gasteiger charge is -2.29. The Morgan fingerprint density at radius 1 is 1.12 bits per heavy atom. The molecule has 0 unspecified atom stereocenters. The average Bonchev–Trinajstić information content (AvgIpc) is 3.20. The molecule has 2 aromatic carbocycles. The molecule has 4 rings (SSSR count). The van der Waals surface area contributed by atoms with Crippen LogP contribution in [0.5, 0.6) is 5.75 Å². The molecular formula is C26H28N2O5S. The van der Waals surface area contributed by atoms with E-state index in [1.807, 2.05) is 37.3 Å². The predicted octanol–water partition coefficient (Wildman–Crippen LogP) is 5.09. The number of esters is 1. The second-order valence-corrected chi connectivity index (χ2v) is 9.10. The number of rotatable bonds is 7. The van der Waals surface area contributed by atoms with E-state index in [0.717, 1.165) is 29.7 Å². The van der Waals surface area contributed by atoms with Gasteiger partial charge in [0.05, 0.1) is 11.3 Å². The fourth-order valence-corrected chi connectivity index (χ4v) is 5.38. The van der Waals surface area contributed by atoms with Crippen molar-refractivity contribution >= 4 is 49.9 Å². The SMILES string of the molecule is CCOC(=O)c1c(NC(=O)CC)sc2c(OCC(=O)N3CCCc4ccccc43)c(C)ccc12. The van der Waals surface area contributed by atoms with Gasteiger partial charge in [0.2, 0.25) is 5.91 Å². The van der Waals surface area contributed by atoms with Crippen molar-refractivity contribution in [2.45, 2.75) is 40.0 Å². The van der Waals surface area contributed by atoms with Crippen molar-refractivity contribution in [1.29, 1.82) is 0 Å². The van der Waals surface area contributed by atoms with Crippen LogP contribution in [0.3, 0.4) is 0 Å². The van der Waals surface area contributed by atoms with Crippen molar-refractivity contribution < 1.29 is 23.9 Å². The van der Waals surface area contributed by atoms with E-state index in [1.54, 1.807) is 18.7 Å².